The van der Waals surface area contributed by atoms with Gasteiger partial charge < -0.3 is 4.74 Å². The van der Waals surface area contributed by atoms with E-state index in [-0.39, 0.29) is 5.97 Å². The predicted molar refractivity (Wildman–Crippen MR) is 80.2 cm³/mol. The predicted octanol–water partition coefficient (Wildman–Crippen LogP) is 4.41. The van der Waals surface area contributed by atoms with Gasteiger partial charge in [0, 0.05) is 12.0 Å². The van der Waals surface area contributed by atoms with Gasteiger partial charge in [0.05, 0.1) is 0 Å². The zero-order valence-electron chi connectivity index (χ0n) is 12.9. The molecule has 3 aliphatic carbocycles. The van der Waals surface area contributed by atoms with Crippen molar-refractivity contribution in [1.82, 2.24) is 0 Å². The molecular formula is C18H26O2. The summed E-state index contributed by atoms with van der Waals surface area (Å²) in [7, 11) is 0. The molecule has 0 radical (unpaired) electrons. The van der Waals surface area contributed by atoms with Gasteiger partial charge in [-0.05, 0) is 58.3 Å². The maximum Gasteiger partial charge on any atom is 0.331 e. The fraction of sp³-hybridized carbons (Fsp3) is 0.722. The lowest BCUT2D eigenvalue weighted by atomic mass is 9.71. The third-order valence-corrected chi connectivity index (χ3v) is 4.65. The summed E-state index contributed by atoms with van der Waals surface area (Å²) >= 11 is 0. The van der Waals surface area contributed by atoms with E-state index >= 15 is 0 Å². The SMILES string of the molecule is CC(C)(C)OC(=O)C=C1C[C@H]2CC(CCC3CC3)=C[C@@H]12. The number of esters is 1. The molecule has 0 heterocycles. The summed E-state index contributed by atoms with van der Waals surface area (Å²) in [6.45, 7) is 5.75. The fourth-order valence-corrected chi connectivity index (χ4v) is 3.43. The zero-order valence-corrected chi connectivity index (χ0v) is 12.9. The summed E-state index contributed by atoms with van der Waals surface area (Å²) in [5.41, 5.74) is 2.53. The van der Waals surface area contributed by atoms with Gasteiger partial charge >= 0.3 is 5.97 Å². The molecule has 0 aromatic rings. The van der Waals surface area contributed by atoms with Crippen molar-refractivity contribution in [2.45, 2.75) is 64.9 Å². The monoisotopic (exact) mass is 274 g/mol. The number of hydrogen-bond acceptors (Lipinski definition) is 2. The van der Waals surface area contributed by atoms with E-state index in [9.17, 15) is 4.79 Å². The minimum atomic E-state index is -0.391. The van der Waals surface area contributed by atoms with Gasteiger partial charge in [-0.2, -0.15) is 0 Å². The van der Waals surface area contributed by atoms with Crippen molar-refractivity contribution in [1.29, 1.82) is 0 Å². The zero-order chi connectivity index (χ0) is 14.3. The van der Waals surface area contributed by atoms with Crippen molar-refractivity contribution in [3.63, 3.8) is 0 Å². The molecular weight excluding hydrogens is 248 g/mol. The van der Waals surface area contributed by atoms with E-state index in [1.54, 1.807) is 11.6 Å². The van der Waals surface area contributed by atoms with Gasteiger partial charge in [0.15, 0.2) is 0 Å². The van der Waals surface area contributed by atoms with Crippen LogP contribution in [0, 0.1) is 17.8 Å². The summed E-state index contributed by atoms with van der Waals surface area (Å²) < 4.78 is 5.37. The van der Waals surface area contributed by atoms with Crippen LogP contribution < -0.4 is 0 Å². The Bertz CT molecular complexity index is 460. The second-order valence-electron chi connectivity index (χ2n) is 7.75. The molecule has 0 bridgehead atoms. The van der Waals surface area contributed by atoms with Crippen molar-refractivity contribution < 1.29 is 9.53 Å². The first-order valence-corrected chi connectivity index (χ1v) is 8.04. The minimum absolute atomic E-state index is 0.175. The van der Waals surface area contributed by atoms with Crippen LogP contribution in [0.25, 0.3) is 0 Å². The molecule has 2 atom stereocenters. The van der Waals surface area contributed by atoms with E-state index in [1.165, 1.54) is 37.7 Å². The summed E-state index contributed by atoms with van der Waals surface area (Å²) in [5, 5.41) is 0. The molecule has 0 saturated heterocycles. The van der Waals surface area contributed by atoms with Crippen LogP contribution in [-0.2, 0) is 9.53 Å². The van der Waals surface area contributed by atoms with Crippen LogP contribution >= 0.6 is 0 Å². The van der Waals surface area contributed by atoms with E-state index in [1.807, 2.05) is 20.8 Å². The van der Waals surface area contributed by atoms with Gasteiger partial charge in [-0.15, -0.1) is 0 Å². The molecule has 0 aliphatic heterocycles. The van der Waals surface area contributed by atoms with Crippen molar-refractivity contribution in [3.05, 3.63) is 23.3 Å². The molecule has 0 aromatic heterocycles. The smallest absolute Gasteiger partial charge is 0.331 e. The molecule has 2 fully saturated rings. The highest BCUT2D eigenvalue weighted by atomic mass is 16.6. The quantitative estimate of drug-likeness (QED) is 0.431. The number of fused-ring (bicyclic) bond motifs is 1. The van der Waals surface area contributed by atoms with Crippen molar-refractivity contribution in [2.75, 3.05) is 0 Å². The molecule has 0 spiro atoms. The molecule has 2 heteroatoms. The first-order chi connectivity index (χ1) is 9.40. The highest BCUT2D eigenvalue weighted by molar-refractivity contribution is 5.83. The van der Waals surface area contributed by atoms with E-state index in [0.29, 0.717) is 5.92 Å². The molecule has 0 N–H and O–H groups in total. The highest BCUT2D eigenvalue weighted by Gasteiger charge is 2.39. The number of hydrogen-bond donors (Lipinski definition) is 0. The summed E-state index contributed by atoms with van der Waals surface area (Å²) in [4.78, 5) is 11.8. The van der Waals surface area contributed by atoms with E-state index in [4.69, 9.17) is 4.74 Å². The second kappa shape index (κ2) is 5.05. The average molecular weight is 274 g/mol. The van der Waals surface area contributed by atoms with Crippen LogP contribution in [0.2, 0.25) is 0 Å². The Morgan fingerprint density at radius 2 is 2.10 bits per heavy atom. The van der Waals surface area contributed by atoms with Gasteiger partial charge in [-0.3, -0.25) is 0 Å². The lowest BCUT2D eigenvalue weighted by Gasteiger charge is -2.33. The number of ether oxygens (including phenoxy) is 1. The number of allylic oxidation sites excluding steroid dienone is 3. The maximum atomic E-state index is 11.8. The van der Waals surface area contributed by atoms with E-state index < -0.39 is 5.60 Å². The second-order valence-corrected chi connectivity index (χ2v) is 7.75. The third kappa shape index (κ3) is 3.34. The van der Waals surface area contributed by atoms with Crippen molar-refractivity contribution in [2.24, 2.45) is 17.8 Å². The summed E-state index contributed by atoms with van der Waals surface area (Å²) in [5.74, 6) is 2.16. The van der Waals surface area contributed by atoms with Gasteiger partial charge in [0.2, 0.25) is 0 Å². The first kappa shape index (κ1) is 13.9. The molecule has 3 aliphatic rings. The Kier molecular flexibility index (Phi) is 3.51. The van der Waals surface area contributed by atoms with Gasteiger partial charge in [-0.25, -0.2) is 4.79 Å². The Morgan fingerprint density at radius 3 is 2.75 bits per heavy atom. The molecule has 2 saturated carbocycles. The molecule has 3 rings (SSSR count). The molecule has 0 aromatic carbocycles. The number of carbonyl (C=O) groups is 1. The van der Waals surface area contributed by atoms with Crippen LogP contribution in [0.3, 0.4) is 0 Å². The lowest BCUT2D eigenvalue weighted by molar-refractivity contribution is -0.148. The van der Waals surface area contributed by atoms with Crippen molar-refractivity contribution in [3.8, 4) is 0 Å². The average Bonchev–Trinajstić information content (AvgIpc) is 3.06. The van der Waals surface area contributed by atoms with E-state index in [2.05, 4.69) is 6.08 Å². The van der Waals surface area contributed by atoms with Crippen LogP contribution in [0.15, 0.2) is 23.3 Å². The highest BCUT2D eigenvalue weighted by Crippen LogP contribution is 2.51. The van der Waals surface area contributed by atoms with E-state index in [0.717, 1.165) is 18.3 Å². The Labute approximate surface area is 122 Å². The third-order valence-electron chi connectivity index (χ3n) is 4.65. The largest absolute Gasteiger partial charge is 0.457 e. The fourth-order valence-electron chi connectivity index (χ4n) is 3.43. The molecule has 2 nitrogen and oxygen atoms in total. The summed E-state index contributed by atoms with van der Waals surface area (Å²) in [6.07, 6.45) is 12.1. The standard InChI is InChI=1S/C18H26O2/c1-18(2,3)20-17(19)11-15-10-14-8-13(9-16(14)15)7-6-12-4-5-12/h9,11-12,14,16H,4-8,10H2,1-3H3/t14-,16-/m1/s1. The molecule has 0 amide bonds. The minimum Gasteiger partial charge on any atom is -0.457 e. The maximum absolute atomic E-state index is 11.8. The van der Waals surface area contributed by atoms with Crippen LogP contribution in [0.5, 0.6) is 0 Å². The van der Waals surface area contributed by atoms with Gasteiger partial charge in [-0.1, -0.05) is 30.1 Å². The summed E-state index contributed by atoms with van der Waals surface area (Å²) in [6, 6.07) is 0. The van der Waals surface area contributed by atoms with Crippen LogP contribution in [0.1, 0.15) is 59.3 Å². The Morgan fingerprint density at radius 1 is 1.35 bits per heavy atom. The lowest BCUT2D eigenvalue weighted by Crippen LogP contribution is -2.27. The Hall–Kier alpha value is -1.05. The van der Waals surface area contributed by atoms with Gasteiger partial charge in [0.1, 0.15) is 5.60 Å². The molecule has 20 heavy (non-hydrogen) atoms. The Balaban J connectivity index is 1.54. The van der Waals surface area contributed by atoms with Gasteiger partial charge in [0.25, 0.3) is 0 Å². The first-order valence-electron chi connectivity index (χ1n) is 8.04. The molecule has 110 valence electrons. The number of carbonyl (C=O) groups excluding carboxylic acids is 1. The van der Waals surface area contributed by atoms with Crippen molar-refractivity contribution >= 4 is 5.97 Å². The van der Waals surface area contributed by atoms with Crippen LogP contribution in [0.4, 0.5) is 0 Å². The number of rotatable bonds is 4. The normalized spacial score (nSPS) is 30.8. The molecule has 0 unspecified atom stereocenters. The van der Waals surface area contributed by atoms with Crippen LogP contribution in [-0.4, -0.2) is 11.6 Å². The topological polar surface area (TPSA) is 26.3 Å².